The van der Waals surface area contributed by atoms with Crippen LogP contribution in [0.3, 0.4) is 0 Å². The van der Waals surface area contributed by atoms with E-state index >= 15 is 0 Å². The Labute approximate surface area is 178 Å². The first kappa shape index (κ1) is 19.3. The number of phenolic OH excluding ortho intramolecular Hbond substituents is 1. The van der Waals surface area contributed by atoms with Crippen LogP contribution >= 0.6 is 11.8 Å². The van der Waals surface area contributed by atoms with E-state index in [-0.39, 0.29) is 22.9 Å². The zero-order chi connectivity index (χ0) is 20.7. The maximum Gasteiger partial charge on any atom is 0.321 e. The van der Waals surface area contributed by atoms with Gasteiger partial charge in [-0.05, 0) is 91.0 Å². The molecule has 2 aromatic rings. The largest absolute Gasteiger partial charge is 0.508 e. The van der Waals surface area contributed by atoms with Crippen LogP contribution in [0.25, 0.3) is 5.69 Å². The normalized spacial score (nSPS) is 29.0. The van der Waals surface area contributed by atoms with Gasteiger partial charge in [-0.25, -0.2) is 4.79 Å². The molecule has 4 fully saturated rings. The number of nitrogens with zero attached hydrogens (tertiary/aromatic N) is 4. The molecule has 1 aromatic heterocycles. The quantitative estimate of drug-likeness (QED) is 0.624. The topological polar surface area (TPSA) is 122 Å². The van der Waals surface area contributed by atoms with Crippen molar-refractivity contribution in [3.8, 4) is 11.4 Å². The third-order valence-corrected chi connectivity index (χ3v) is 7.46. The van der Waals surface area contributed by atoms with Gasteiger partial charge in [0, 0.05) is 5.54 Å². The number of hydrogen-bond donors (Lipinski definition) is 3. The van der Waals surface area contributed by atoms with Crippen molar-refractivity contribution in [2.24, 2.45) is 17.8 Å². The summed E-state index contributed by atoms with van der Waals surface area (Å²) >= 11 is 1.15. The molecule has 6 rings (SSSR count). The van der Waals surface area contributed by atoms with Gasteiger partial charge >= 0.3 is 6.03 Å². The number of rotatable bonds is 5. The minimum atomic E-state index is -0.402. The molecule has 30 heavy (non-hydrogen) atoms. The first-order chi connectivity index (χ1) is 14.5. The maximum absolute atomic E-state index is 12.5. The fraction of sp³-hybridized carbons (Fsp3) is 0.550. The number of nitrogens with one attached hydrogen (secondary N) is 2. The second-order valence-corrected chi connectivity index (χ2v) is 9.82. The first-order valence-electron chi connectivity index (χ1n) is 10.3. The summed E-state index contributed by atoms with van der Waals surface area (Å²) in [6.07, 6.45) is 7.01. The average molecular weight is 429 g/mol. The van der Waals surface area contributed by atoms with Crippen LogP contribution in [0.1, 0.15) is 38.5 Å². The molecule has 0 unspecified atom stereocenters. The van der Waals surface area contributed by atoms with Crippen LogP contribution in [0, 0.1) is 17.8 Å². The number of amides is 3. The third-order valence-electron chi connectivity index (χ3n) is 6.54. The number of urea groups is 1. The molecule has 1 heterocycles. The molecule has 0 spiro atoms. The Hall–Kier alpha value is -2.62. The monoisotopic (exact) mass is 428 g/mol. The van der Waals surface area contributed by atoms with E-state index < -0.39 is 6.03 Å². The first-order valence-corrected chi connectivity index (χ1v) is 11.3. The standard InChI is InChI=1S/C20H24N6O3S/c27-16-3-1-15(2-4-16)26-19(23-24-25-26)30-11-17(28)21-18(29)22-20-8-12-5-13(9-20)7-14(6-12)10-20/h1-4,12-14,27H,5-11H2,(H2,21,22,28,29). The summed E-state index contributed by atoms with van der Waals surface area (Å²) in [5.41, 5.74) is 0.537. The average Bonchev–Trinajstić information content (AvgIpc) is 3.14. The lowest BCUT2D eigenvalue weighted by Crippen LogP contribution is -2.61. The highest BCUT2D eigenvalue weighted by Gasteiger charge is 2.51. The molecule has 4 aliphatic carbocycles. The SMILES string of the molecule is O=C(CSc1nnnn1-c1ccc(O)cc1)NC(=O)NC12CC3CC(CC(C3)C1)C2. The predicted molar refractivity (Wildman–Crippen MR) is 109 cm³/mol. The molecule has 0 aliphatic heterocycles. The van der Waals surface area contributed by atoms with Crippen LogP contribution in [-0.4, -0.2) is 48.5 Å². The summed E-state index contributed by atoms with van der Waals surface area (Å²) in [6.45, 7) is 0. The van der Waals surface area contributed by atoms with Gasteiger partial charge in [0.05, 0.1) is 11.4 Å². The number of carbonyl (C=O) groups excluding carboxylic acids is 2. The maximum atomic E-state index is 12.5. The fourth-order valence-corrected chi connectivity index (χ4v) is 6.54. The van der Waals surface area contributed by atoms with E-state index in [1.165, 1.54) is 36.1 Å². The Bertz CT molecular complexity index is 924. The molecule has 10 heteroatoms. The zero-order valence-corrected chi connectivity index (χ0v) is 17.3. The molecule has 0 radical (unpaired) electrons. The Morgan fingerprint density at radius 2 is 1.73 bits per heavy atom. The summed E-state index contributed by atoms with van der Waals surface area (Å²) < 4.78 is 1.48. The van der Waals surface area contributed by atoms with Gasteiger partial charge in [-0.15, -0.1) is 5.10 Å². The highest BCUT2D eigenvalue weighted by molar-refractivity contribution is 7.99. The fourth-order valence-electron chi connectivity index (χ4n) is 5.85. The number of imide groups is 1. The van der Waals surface area contributed by atoms with Crippen LogP contribution in [0.5, 0.6) is 5.75 Å². The van der Waals surface area contributed by atoms with E-state index in [0.29, 0.717) is 10.8 Å². The molecule has 0 saturated heterocycles. The van der Waals surface area contributed by atoms with Gasteiger partial charge in [0.25, 0.3) is 0 Å². The molecule has 158 valence electrons. The molecule has 0 atom stereocenters. The van der Waals surface area contributed by atoms with Crippen molar-refractivity contribution in [2.45, 2.75) is 49.2 Å². The van der Waals surface area contributed by atoms with E-state index in [9.17, 15) is 14.7 Å². The van der Waals surface area contributed by atoms with Crippen molar-refractivity contribution in [3.05, 3.63) is 24.3 Å². The molecular weight excluding hydrogens is 404 g/mol. The number of phenols is 1. The number of tetrazole rings is 1. The Morgan fingerprint density at radius 1 is 1.10 bits per heavy atom. The summed E-state index contributed by atoms with van der Waals surface area (Å²) in [7, 11) is 0. The van der Waals surface area contributed by atoms with Crippen molar-refractivity contribution in [3.63, 3.8) is 0 Å². The van der Waals surface area contributed by atoms with Gasteiger partial charge in [-0.2, -0.15) is 4.68 Å². The van der Waals surface area contributed by atoms with Crippen molar-refractivity contribution in [2.75, 3.05) is 5.75 Å². The van der Waals surface area contributed by atoms with Crippen LogP contribution < -0.4 is 10.6 Å². The van der Waals surface area contributed by atoms with Gasteiger partial charge in [-0.1, -0.05) is 11.8 Å². The predicted octanol–water partition coefficient (Wildman–Crippen LogP) is 2.25. The van der Waals surface area contributed by atoms with Gasteiger partial charge in [0.15, 0.2) is 0 Å². The second-order valence-electron chi connectivity index (χ2n) is 8.88. The Morgan fingerprint density at radius 3 is 2.37 bits per heavy atom. The summed E-state index contributed by atoms with van der Waals surface area (Å²) in [4.78, 5) is 24.8. The van der Waals surface area contributed by atoms with Crippen LogP contribution in [0.2, 0.25) is 0 Å². The van der Waals surface area contributed by atoms with Crippen molar-refractivity contribution >= 4 is 23.7 Å². The number of thioether (sulfide) groups is 1. The highest BCUT2D eigenvalue weighted by atomic mass is 32.2. The van der Waals surface area contributed by atoms with Gasteiger partial charge in [-0.3, -0.25) is 10.1 Å². The minimum absolute atomic E-state index is 0.0206. The number of hydrogen-bond acceptors (Lipinski definition) is 7. The Balaban J connectivity index is 1.15. The summed E-state index contributed by atoms with van der Waals surface area (Å²) in [6, 6.07) is 6.02. The van der Waals surface area contributed by atoms with E-state index in [2.05, 4.69) is 26.2 Å². The zero-order valence-electron chi connectivity index (χ0n) is 16.5. The molecule has 4 aliphatic rings. The lowest BCUT2D eigenvalue weighted by atomic mass is 9.53. The molecule has 4 bridgehead atoms. The number of aromatic hydroxyl groups is 1. The van der Waals surface area contributed by atoms with Crippen molar-refractivity contribution in [1.29, 1.82) is 0 Å². The molecule has 3 N–H and O–H groups in total. The smallest absolute Gasteiger partial charge is 0.321 e. The van der Waals surface area contributed by atoms with Gasteiger partial charge in [0.2, 0.25) is 11.1 Å². The van der Waals surface area contributed by atoms with Gasteiger partial charge < -0.3 is 10.4 Å². The van der Waals surface area contributed by atoms with Gasteiger partial charge in [0.1, 0.15) is 5.75 Å². The van der Waals surface area contributed by atoms with Crippen LogP contribution in [0.4, 0.5) is 4.79 Å². The van der Waals surface area contributed by atoms with E-state index in [1.54, 1.807) is 12.1 Å². The van der Waals surface area contributed by atoms with Crippen LogP contribution in [-0.2, 0) is 4.79 Å². The Kier molecular flexibility index (Phi) is 4.88. The second kappa shape index (κ2) is 7.57. The number of carbonyl (C=O) groups is 2. The molecule has 3 amide bonds. The lowest BCUT2D eigenvalue weighted by molar-refractivity contribution is -0.117. The van der Waals surface area contributed by atoms with Crippen molar-refractivity contribution < 1.29 is 14.7 Å². The minimum Gasteiger partial charge on any atom is -0.508 e. The van der Waals surface area contributed by atoms with Crippen LogP contribution in [0.15, 0.2) is 29.4 Å². The van der Waals surface area contributed by atoms with Crippen molar-refractivity contribution in [1.82, 2.24) is 30.8 Å². The summed E-state index contributed by atoms with van der Waals surface area (Å²) in [5.74, 6) is 1.95. The molecule has 9 nitrogen and oxygen atoms in total. The van der Waals surface area contributed by atoms with E-state index in [1.807, 2.05) is 0 Å². The lowest BCUT2D eigenvalue weighted by Gasteiger charge is -2.56. The number of benzene rings is 1. The molecule has 1 aromatic carbocycles. The summed E-state index contributed by atoms with van der Waals surface area (Å²) in [5, 5.41) is 27.0. The highest BCUT2D eigenvalue weighted by Crippen LogP contribution is 2.55. The third kappa shape index (κ3) is 3.88. The molecule has 4 saturated carbocycles. The van der Waals surface area contributed by atoms with E-state index in [0.717, 1.165) is 48.8 Å². The molecular formula is C20H24N6O3S. The van der Waals surface area contributed by atoms with E-state index in [4.69, 9.17) is 0 Å². The number of aromatic nitrogens is 4.